The van der Waals surface area contributed by atoms with Crippen molar-refractivity contribution >= 4 is 0 Å². The van der Waals surface area contributed by atoms with Crippen LogP contribution < -0.4 is 12.4 Å². The van der Waals surface area contributed by atoms with Gasteiger partial charge < -0.3 is 12.4 Å². The van der Waals surface area contributed by atoms with Gasteiger partial charge in [-0.3, -0.25) is 0 Å². The van der Waals surface area contributed by atoms with E-state index < -0.39 is 0 Å². The van der Waals surface area contributed by atoms with E-state index in [9.17, 15) is 0 Å². The van der Waals surface area contributed by atoms with E-state index in [0.29, 0.717) is 5.92 Å². The van der Waals surface area contributed by atoms with Crippen LogP contribution in [0.15, 0.2) is 43.0 Å². The molecular weight excluding hydrogens is 245 g/mol. The van der Waals surface area contributed by atoms with E-state index in [1.165, 1.54) is 5.56 Å². The summed E-state index contributed by atoms with van der Waals surface area (Å²) >= 11 is 0. The molecule has 1 rings (SSSR count). The largest absolute Gasteiger partial charge is 1.00 e. The summed E-state index contributed by atoms with van der Waals surface area (Å²) in [7, 11) is 0. The van der Waals surface area contributed by atoms with Crippen LogP contribution in [0.25, 0.3) is 0 Å². The van der Waals surface area contributed by atoms with Gasteiger partial charge in [-0.15, -0.1) is 6.58 Å². The van der Waals surface area contributed by atoms with Gasteiger partial charge in [-0.05, 0) is 31.2 Å². The molecule has 0 heterocycles. The smallest absolute Gasteiger partial charge is 0 e. The van der Waals surface area contributed by atoms with Crippen LogP contribution in [0.1, 0.15) is 12.0 Å². The Morgan fingerprint density at radius 2 is 1.79 bits per heavy atom. The van der Waals surface area contributed by atoms with E-state index in [-0.39, 0.29) is 31.9 Å². The number of benzene rings is 1. The maximum absolute atomic E-state index is 3.95. The van der Waals surface area contributed by atoms with Crippen LogP contribution >= 0.6 is 0 Å². The third kappa shape index (κ3) is 6.35. The summed E-state index contributed by atoms with van der Waals surface area (Å²) in [6, 6.07) is 10.5. The second-order valence-electron chi connectivity index (χ2n) is 3.02. The Hall–Kier alpha value is -0.127. The zero-order valence-corrected chi connectivity index (χ0v) is 12.2. The van der Waals surface area contributed by atoms with Crippen LogP contribution in [0.5, 0.6) is 0 Å². The van der Waals surface area contributed by atoms with Crippen LogP contribution in [0.3, 0.4) is 0 Å². The van der Waals surface area contributed by atoms with Gasteiger partial charge in [-0.1, -0.05) is 36.4 Å². The number of hydrogen-bond acceptors (Lipinski definition) is 0. The van der Waals surface area contributed by atoms with Crippen molar-refractivity contribution in [1.82, 2.24) is 0 Å². The predicted octanol–water partition coefficient (Wildman–Crippen LogP) is 0.257. The molecule has 0 saturated carbocycles. The monoisotopic (exact) mass is 258 g/mol. The maximum Gasteiger partial charge on any atom is 0 e. The second kappa shape index (κ2) is 9.43. The first-order valence-corrected chi connectivity index (χ1v) is 4.32. The summed E-state index contributed by atoms with van der Waals surface area (Å²) in [6.45, 7) is 7.66. The fourth-order valence-electron chi connectivity index (χ4n) is 1.11. The van der Waals surface area contributed by atoms with Gasteiger partial charge in [0.1, 0.15) is 0 Å². The molecule has 0 N–H and O–H groups in total. The molecule has 1 aromatic rings. The normalized spacial score (nSPS) is 10.6. The summed E-state index contributed by atoms with van der Waals surface area (Å²) in [5.41, 5.74) is 1.38. The first-order chi connectivity index (χ1) is 5.83. The van der Waals surface area contributed by atoms with Gasteiger partial charge in [-0.2, -0.15) is 0 Å². The van der Waals surface area contributed by atoms with Gasteiger partial charge in [0, 0.05) is 19.5 Å². The molecule has 1 aromatic carbocycles. The van der Waals surface area contributed by atoms with Crippen molar-refractivity contribution in [3.8, 4) is 0 Å². The first kappa shape index (κ1) is 16.3. The molecule has 0 amide bonds. The van der Waals surface area contributed by atoms with Crippen molar-refractivity contribution < 1.29 is 31.9 Å². The molecule has 0 spiro atoms. The van der Waals surface area contributed by atoms with E-state index in [4.69, 9.17) is 0 Å². The van der Waals surface area contributed by atoms with Gasteiger partial charge in [0.15, 0.2) is 0 Å². The zero-order chi connectivity index (χ0) is 8.81. The molecule has 2 heteroatoms. The van der Waals surface area contributed by atoms with Crippen molar-refractivity contribution in [1.29, 1.82) is 0 Å². The Morgan fingerprint density at radius 3 is 2.29 bits per heavy atom. The molecule has 0 bridgehead atoms. The molecule has 0 unspecified atom stereocenters. The van der Waals surface area contributed by atoms with Crippen LogP contribution in [-0.4, -0.2) is 0 Å². The Balaban J connectivity index is 0. The summed E-state index contributed by atoms with van der Waals surface area (Å²) in [4.78, 5) is 0. The van der Waals surface area contributed by atoms with Crippen LogP contribution in [-0.2, 0) is 25.9 Å². The molecule has 0 nitrogen and oxygen atoms in total. The molecule has 0 saturated heterocycles. The topological polar surface area (TPSA) is 0 Å². The minimum absolute atomic E-state index is 0. The van der Waals surface area contributed by atoms with E-state index >= 15 is 0 Å². The van der Waals surface area contributed by atoms with Gasteiger partial charge >= 0.3 is 0 Å². The summed E-state index contributed by atoms with van der Waals surface area (Å²) in [5, 5.41) is 0. The molecular formula is C12H15ClZn-. The Morgan fingerprint density at radius 1 is 1.21 bits per heavy atom. The summed E-state index contributed by atoms with van der Waals surface area (Å²) in [5.74, 6) is 0.380. The molecule has 1 atom stereocenters. The fourth-order valence-corrected chi connectivity index (χ4v) is 1.11. The number of allylic oxidation sites excluding steroid dienone is 1. The summed E-state index contributed by atoms with van der Waals surface area (Å²) in [6.07, 6.45) is 4.09. The molecule has 73 valence electrons. The summed E-state index contributed by atoms with van der Waals surface area (Å²) < 4.78 is 0. The van der Waals surface area contributed by atoms with Gasteiger partial charge in [0.2, 0.25) is 0 Å². The van der Waals surface area contributed by atoms with Crippen LogP contribution in [0.4, 0.5) is 0 Å². The minimum atomic E-state index is 0. The average molecular weight is 260 g/mol. The number of rotatable bonds is 4. The van der Waals surface area contributed by atoms with Crippen molar-refractivity contribution in [3.05, 3.63) is 55.5 Å². The Kier molecular flexibility index (Phi) is 11.0. The van der Waals surface area contributed by atoms with Gasteiger partial charge in [0.05, 0.1) is 0 Å². The Bertz CT molecular complexity index is 233. The van der Waals surface area contributed by atoms with Gasteiger partial charge in [-0.25, -0.2) is 0 Å². The third-order valence-corrected chi connectivity index (χ3v) is 1.98. The first-order valence-electron chi connectivity index (χ1n) is 4.32. The molecule has 0 aromatic heterocycles. The van der Waals surface area contributed by atoms with Crippen LogP contribution in [0.2, 0.25) is 0 Å². The standard InChI is InChI=1S/C12H15.ClH.Zn/c1-3-11(2)9-10-12-7-5-4-6-8-12;;/h3-8,11H,1-2,9-10H2;1H;/p-1/t11-;;/m1../s1. The van der Waals surface area contributed by atoms with E-state index in [2.05, 4.69) is 37.8 Å². The van der Waals surface area contributed by atoms with E-state index in [1.807, 2.05) is 12.1 Å². The average Bonchev–Trinajstić information content (AvgIpc) is 2.16. The quantitative estimate of drug-likeness (QED) is 0.538. The van der Waals surface area contributed by atoms with Crippen molar-refractivity contribution in [3.63, 3.8) is 0 Å². The third-order valence-electron chi connectivity index (χ3n) is 1.98. The van der Waals surface area contributed by atoms with E-state index in [0.717, 1.165) is 12.8 Å². The van der Waals surface area contributed by atoms with E-state index in [1.54, 1.807) is 0 Å². The number of hydrogen-bond donors (Lipinski definition) is 0. The molecule has 0 aliphatic heterocycles. The zero-order valence-electron chi connectivity index (χ0n) is 8.45. The Labute approximate surface area is 106 Å². The number of halogens is 1. The van der Waals surface area contributed by atoms with Gasteiger partial charge in [0.25, 0.3) is 0 Å². The van der Waals surface area contributed by atoms with Crippen molar-refractivity contribution in [2.75, 3.05) is 0 Å². The van der Waals surface area contributed by atoms with Crippen molar-refractivity contribution in [2.45, 2.75) is 12.8 Å². The van der Waals surface area contributed by atoms with Crippen LogP contribution in [0, 0.1) is 12.8 Å². The molecule has 1 radical (unpaired) electrons. The SMILES string of the molecule is [CH2][C@H](C=C)CCc1ccccc1.[Cl-].[Zn]. The van der Waals surface area contributed by atoms with Crippen molar-refractivity contribution in [2.24, 2.45) is 5.92 Å². The molecule has 0 fully saturated rings. The molecule has 0 aliphatic rings. The fraction of sp³-hybridized carbons (Fsp3) is 0.250. The maximum atomic E-state index is 3.95. The molecule has 14 heavy (non-hydrogen) atoms. The minimum Gasteiger partial charge on any atom is -1.00 e. The second-order valence-corrected chi connectivity index (χ2v) is 3.02. The predicted molar refractivity (Wildman–Crippen MR) is 53.8 cm³/mol. The number of aryl methyl sites for hydroxylation is 1. The molecule has 0 aliphatic carbocycles.